The molecule has 2 unspecified atom stereocenters. The van der Waals surface area contributed by atoms with E-state index >= 15 is 0 Å². The van der Waals surface area contributed by atoms with Crippen molar-refractivity contribution < 1.29 is 4.52 Å². The molecule has 3 heterocycles. The van der Waals surface area contributed by atoms with E-state index in [0.29, 0.717) is 6.04 Å². The molecule has 2 aliphatic heterocycles. The first kappa shape index (κ1) is 14.8. The van der Waals surface area contributed by atoms with E-state index in [0.717, 1.165) is 50.2 Å². The average molecular weight is 287 g/mol. The van der Waals surface area contributed by atoms with Crippen molar-refractivity contribution in [2.75, 3.05) is 13.1 Å². The molecule has 2 bridgehead atoms. The van der Waals surface area contributed by atoms with Crippen LogP contribution < -0.4 is 5.32 Å². The van der Waals surface area contributed by atoms with Crippen molar-refractivity contribution in [3.63, 3.8) is 0 Å². The molecule has 0 aromatic carbocycles. The Kier molecular flexibility index (Phi) is 5.19. The fraction of sp³-hybridized carbons (Fsp3) is 0.846. The quantitative estimate of drug-likeness (QED) is 0.914. The van der Waals surface area contributed by atoms with Gasteiger partial charge in [0.05, 0.1) is 6.54 Å². The minimum absolute atomic E-state index is 0. The van der Waals surface area contributed by atoms with Gasteiger partial charge in [0.2, 0.25) is 5.89 Å². The lowest BCUT2D eigenvalue weighted by Crippen LogP contribution is -2.35. The molecule has 0 aliphatic carbocycles. The van der Waals surface area contributed by atoms with E-state index in [2.05, 4.69) is 27.3 Å². The van der Waals surface area contributed by atoms with Crippen molar-refractivity contribution in [2.45, 2.75) is 57.7 Å². The van der Waals surface area contributed by atoms with E-state index in [1.165, 1.54) is 19.3 Å². The van der Waals surface area contributed by atoms with Gasteiger partial charge in [-0.3, -0.25) is 4.90 Å². The highest BCUT2D eigenvalue weighted by molar-refractivity contribution is 5.85. The lowest BCUT2D eigenvalue weighted by Gasteiger charge is -2.21. The summed E-state index contributed by atoms with van der Waals surface area (Å²) in [6.07, 6.45) is 5.88. The first-order chi connectivity index (χ1) is 8.83. The summed E-state index contributed by atoms with van der Waals surface area (Å²) in [7, 11) is 0. The zero-order valence-corrected chi connectivity index (χ0v) is 12.3. The third kappa shape index (κ3) is 3.68. The average Bonchev–Trinajstić information content (AvgIpc) is 2.90. The molecule has 1 aromatic heterocycles. The lowest BCUT2D eigenvalue weighted by atomic mass is 10.1. The Labute approximate surface area is 120 Å². The van der Waals surface area contributed by atoms with Crippen molar-refractivity contribution in [1.29, 1.82) is 0 Å². The molecule has 0 amide bonds. The highest BCUT2D eigenvalue weighted by atomic mass is 35.5. The Morgan fingerprint density at radius 1 is 1.32 bits per heavy atom. The largest absolute Gasteiger partial charge is 0.338 e. The van der Waals surface area contributed by atoms with Crippen molar-refractivity contribution in [1.82, 2.24) is 20.4 Å². The van der Waals surface area contributed by atoms with Gasteiger partial charge in [0.15, 0.2) is 5.82 Å². The van der Waals surface area contributed by atoms with Crippen LogP contribution in [0.5, 0.6) is 0 Å². The van der Waals surface area contributed by atoms with E-state index < -0.39 is 0 Å². The number of hydrogen-bond donors (Lipinski definition) is 1. The molecule has 108 valence electrons. The summed E-state index contributed by atoms with van der Waals surface area (Å²) in [4.78, 5) is 6.89. The molecule has 2 aliphatic rings. The van der Waals surface area contributed by atoms with Crippen molar-refractivity contribution >= 4 is 12.4 Å². The SMILES string of the molecule is CCCc1noc(CN2CCC3CCC(C2)N3)n1.Cl. The van der Waals surface area contributed by atoms with Crippen LogP contribution in [0.2, 0.25) is 0 Å². The van der Waals surface area contributed by atoms with Gasteiger partial charge in [-0.15, -0.1) is 12.4 Å². The summed E-state index contributed by atoms with van der Waals surface area (Å²) in [6, 6.07) is 1.40. The summed E-state index contributed by atoms with van der Waals surface area (Å²) >= 11 is 0. The van der Waals surface area contributed by atoms with Gasteiger partial charge in [-0.1, -0.05) is 12.1 Å². The summed E-state index contributed by atoms with van der Waals surface area (Å²) in [5, 5.41) is 7.70. The Balaban J connectivity index is 0.00000133. The Morgan fingerprint density at radius 2 is 2.16 bits per heavy atom. The van der Waals surface area contributed by atoms with Crippen molar-refractivity contribution in [3.8, 4) is 0 Å². The van der Waals surface area contributed by atoms with Crippen LogP contribution in [0.1, 0.15) is 44.3 Å². The maximum Gasteiger partial charge on any atom is 0.240 e. The summed E-state index contributed by atoms with van der Waals surface area (Å²) < 4.78 is 5.32. The monoisotopic (exact) mass is 286 g/mol. The molecule has 1 aromatic rings. The number of nitrogens with zero attached hydrogens (tertiary/aromatic N) is 3. The maximum atomic E-state index is 5.32. The highest BCUT2D eigenvalue weighted by Gasteiger charge is 2.29. The number of nitrogens with one attached hydrogen (secondary N) is 1. The molecule has 19 heavy (non-hydrogen) atoms. The standard InChI is InChI=1S/C13H22N4O.ClH/c1-2-3-12-15-13(18-16-12)9-17-7-6-10-4-5-11(8-17)14-10;/h10-11,14H,2-9H2,1H3;1H. The van der Waals surface area contributed by atoms with Crippen molar-refractivity contribution in [3.05, 3.63) is 11.7 Å². The summed E-state index contributed by atoms with van der Waals surface area (Å²) in [5.41, 5.74) is 0. The molecule has 2 fully saturated rings. The minimum atomic E-state index is 0. The molecular weight excluding hydrogens is 264 g/mol. The van der Waals surface area contributed by atoms with E-state index in [1.807, 2.05) is 0 Å². The van der Waals surface area contributed by atoms with Crippen LogP contribution in [0.4, 0.5) is 0 Å². The predicted octanol–water partition coefficient (Wildman–Crippen LogP) is 1.77. The number of aromatic nitrogens is 2. The molecule has 3 rings (SSSR count). The third-order valence-electron chi connectivity index (χ3n) is 3.95. The molecule has 2 atom stereocenters. The zero-order valence-electron chi connectivity index (χ0n) is 11.5. The Hall–Kier alpha value is -0.650. The van der Waals surface area contributed by atoms with Crippen molar-refractivity contribution in [2.24, 2.45) is 0 Å². The predicted molar refractivity (Wildman–Crippen MR) is 75.4 cm³/mol. The Morgan fingerprint density at radius 3 is 3.00 bits per heavy atom. The van der Waals surface area contributed by atoms with E-state index in [1.54, 1.807) is 0 Å². The lowest BCUT2D eigenvalue weighted by molar-refractivity contribution is 0.216. The molecule has 0 saturated carbocycles. The molecule has 0 spiro atoms. The minimum Gasteiger partial charge on any atom is -0.338 e. The normalized spacial score (nSPS) is 27.0. The number of rotatable bonds is 4. The number of likely N-dealkylation sites (tertiary alicyclic amines) is 1. The van der Waals surface area contributed by atoms with Gasteiger partial charge in [-0.2, -0.15) is 4.98 Å². The van der Waals surface area contributed by atoms with Crippen LogP contribution in [0, 0.1) is 0 Å². The third-order valence-corrected chi connectivity index (χ3v) is 3.95. The molecule has 1 N–H and O–H groups in total. The molecule has 6 heteroatoms. The van der Waals surface area contributed by atoms with Gasteiger partial charge < -0.3 is 9.84 Å². The van der Waals surface area contributed by atoms with Crippen LogP contribution in [-0.2, 0) is 13.0 Å². The fourth-order valence-corrected chi connectivity index (χ4v) is 3.03. The van der Waals surface area contributed by atoms with Gasteiger partial charge in [0.1, 0.15) is 0 Å². The van der Waals surface area contributed by atoms with E-state index in [-0.39, 0.29) is 12.4 Å². The summed E-state index contributed by atoms with van der Waals surface area (Å²) in [5.74, 6) is 1.62. The van der Waals surface area contributed by atoms with Crippen LogP contribution in [0.3, 0.4) is 0 Å². The maximum absolute atomic E-state index is 5.32. The fourth-order valence-electron chi connectivity index (χ4n) is 3.03. The second-order valence-corrected chi connectivity index (χ2v) is 5.52. The van der Waals surface area contributed by atoms with Gasteiger partial charge in [-0.05, 0) is 25.7 Å². The van der Waals surface area contributed by atoms with E-state index in [4.69, 9.17) is 4.52 Å². The topological polar surface area (TPSA) is 54.2 Å². The number of fused-ring (bicyclic) bond motifs is 2. The first-order valence-electron chi connectivity index (χ1n) is 7.13. The van der Waals surface area contributed by atoms with Gasteiger partial charge in [-0.25, -0.2) is 0 Å². The second kappa shape index (κ2) is 6.68. The van der Waals surface area contributed by atoms with Crippen LogP contribution in [0.15, 0.2) is 4.52 Å². The van der Waals surface area contributed by atoms with Gasteiger partial charge >= 0.3 is 0 Å². The van der Waals surface area contributed by atoms with Crippen LogP contribution in [0.25, 0.3) is 0 Å². The molecule has 0 radical (unpaired) electrons. The Bertz CT molecular complexity index is 398. The molecule has 5 nitrogen and oxygen atoms in total. The number of halogens is 1. The van der Waals surface area contributed by atoms with E-state index in [9.17, 15) is 0 Å². The second-order valence-electron chi connectivity index (χ2n) is 5.52. The summed E-state index contributed by atoms with van der Waals surface area (Å²) in [6.45, 7) is 5.19. The van der Waals surface area contributed by atoms with Gasteiger partial charge in [0, 0.05) is 31.6 Å². The number of aryl methyl sites for hydroxylation is 1. The zero-order chi connectivity index (χ0) is 12.4. The number of hydrogen-bond acceptors (Lipinski definition) is 5. The van der Waals surface area contributed by atoms with Crippen LogP contribution >= 0.6 is 12.4 Å². The highest BCUT2D eigenvalue weighted by Crippen LogP contribution is 2.21. The van der Waals surface area contributed by atoms with Gasteiger partial charge in [0.25, 0.3) is 0 Å². The molecular formula is C13H23ClN4O. The smallest absolute Gasteiger partial charge is 0.240 e. The first-order valence-corrected chi connectivity index (χ1v) is 7.13. The molecule has 2 saturated heterocycles. The van der Waals surface area contributed by atoms with Crippen LogP contribution in [-0.4, -0.2) is 40.2 Å².